The third kappa shape index (κ3) is 4.73. The number of nitrogens with two attached hydrogens (primary N) is 2. The summed E-state index contributed by atoms with van der Waals surface area (Å²) in [5.74, 6) is -0.418. The van der Waals surface area contributed by atoms with E-state index in [2.05, 4.69) is 5.32 Å². The van der Waals surface area contributed by atoms with Crippen LogP contribution < -0.4 is 16.8 Å². The first-order valence-electron chi connectivity index (χ1n) is 6.02. The first-order chi connectivity index (χ1) is 8.67. The first-order valence-corrected chi connectivity index (χ1v) is 6.02. The van der Waals surface area contributed by atoms with Gasteiger partial charge in [-0.2, -0.15) is 0 Å². The molecule has 0 radical (unpaired) electrons. The molecule has 1 unspecified atom stereocenters. The van der Waals surface area contributed by atoms with E-state index >= 15 is 0 Å². The van der Waals surface area contributed by atoms with E-state index in [0.717, 1.165) is 18.5 Å². The van der Waals surface area contributed by atoms with Gasteiger partial charge in [-0.1, -0.05) is 0 Å². The van der Waals surface area contributed by atoms with E-state index in [-0.39, 0.29) is 6.04 Å². The number of primary amides is 1. The number of carbonyl (C=O) groups is 1. The van der Waals surface area contributed by atoms with Crippen molar-refractivity contribution >= 4 is 11.6 Å². The maximum absolute atomic E-state index is 10.9. The van der Waals surface area contributed by atoms with E-state index in [1.165, 1.54) is 0 Å². The highest BCUT2D eigenvalue weighted by molar-refractivity contribution is 5.93. The van der Waals surface area contributed by atoms with Crippen LogP contribution in [0.4, 0.5) is 5.69 Å². The van der Waals surface area contributed by atoms with E-state index in [9.17, 15) is 4.79 Å². The quantitative estimate of drug-likeness (QED) is 0.641. The zero-order valence-electron chi connectivity index (χ0n) is 10.7. The largest absolute Gasteiger partial charge is 0.383 e. The van der Waals surface area contributed by atoms with E-state index in [1.807, 2.05) is 12.1 Å². The number of anilines is 1. The molecule has 1 atom stereocenters. The van der Waals surface area contributed by atoms with E-state index in [4.69, 9.17) is 16.2 Å². The summed E-state index contributed by atoms with van der Waals surface area (Å²) in [6.45, 7) is 1.29. The molecule has 100 valence electrons. The lowest BCUT2D eigenvalue weighted by Crippen LogP contribution is -2.25. The van der Waals surface area contributed by atoms with Gasteiger partial charge >= 0.3 is 0 Å². The standard InChI is InChI=1S/C13H21N3O2/c1-18-9-12(3-2-8-14)16-11-6-4-10(5-7-11)13(15)17/h4-7,12,16H,2-3,8-9,14H2,1H3,(H2,15,17). The molecule has 5 heteroatoms. The molecule has 0 aliphatic rings. The summed E-state index contributed by atoms with van der Waals surface area (Å²) in [6, 6.07) is 7.31. The van der Waals surface area contributed by atoms with Crippen LogP contribution in [0.25, 0.3) is 0 Å². The van der Waals surface area contributed by atoms with Gasteiger partial charge in [-0.05, 0) is 43.7 Å². The Bertz CT molecular complexity index is 365. The van der Waals surface area contributed by atoms with Gasteiger partial charge in [0.2, 0.25) is 5.91 Å². The first kappa shape index (κ1) is 14.5. The minimum atomic E-state index is -0.418. The highest BCUT2D eigenvalue weighted by atomic mass is 16.5. The Balaban J connectivity index is 2.59. The van der Waals surface area contributed by atoms with Crippen LogP contribution in [0.5, 0.6) is 0 Å². The van der Waals surface area contributed by atoms with Crippen LogP contribution in [0, 0.1) is 0 Å². The Morgan fingerprint density at radius 2 is 2.06 bits per heavy atom. The average Bonchev–Trinajstić information content (AvgIpc) is 2.37. The average molecular weight is 251 g/mol. The maximum atomic E-state index is 10.9. The van der Waals surface area contributed by atoms with Crippen LogP contribution in [0.1, 0.15) is 23.2 Å². The van der Waals surface area contributed by atoms with Gasteiger partial charge in [-0.15, -0.1) is 0 Å². The lowest BCUT2D eigenvalue weighted by Gasteiger charge is -2.19. The number of amides is 1. The second-order valence-electron chi connectivity index (χ2n) is 4.17. The highest BCUT2D eigenvalue weighted by Gasteiger charge is 2.08. The topological polar surface area (TPSA) is 90.4 Å². The number of ether oxygens (including phenoxy) is 1. The number of hydrogen-bond acceptors (Lipinski definition) is 4. The third-order valence-corrected chi connectivity index (χ3v) is 2.66. The molecule has 0 aliphatic heterocycles. The Kier molecular flexibility index (Phi) is 6.18. The predicted molar refractivity (Wildman–Crippen MR) is 72.5 cm³/mol. The minimum absolute atomic E-state index is 0.220. The molecule has 1 amide bonds. The monoisotopic (exact) mass is 251 g/mol. The summed E-state index contributed by atoms with van der Waals surface area (Å²) in [6.07, 6.45) is 1.89. The SMILES string of the molecule is COCC(CCCN)Nc1ccc(C(N)=O)cc1. The van der Waals surface area contributed by atoms with Crippen LogP contribution in [-0.2, 0) is 4.74 Å². The van der Waals surface area contributed by atoms with E-state index in [1.54, 1.807) is 19.2 Å². The minimum Gasteiger partial charge on any atom is -0.383 e. The van der Waals surface area contributed by atoms with Crippen molar-refractivity contribution < 1.29 is 9.53 Å². The van der Waals surface area contributed by atoms with Crippen molar-refractivity contribution in [1.82, 2.24) is 0 Å². The third-order valence-electron chi connectivity index (χ3n) is 2.66. The summed E-state index contributed by atoms with van der Waals surface area (Å²) in [5, 5.41) is 3.35. The van der Waals surface area contributed by atoms with Gasteiger partial charge in [-0.3, -0.25) is 4.79 Å². The van der Waals surface area contributed by atoms with Crippen LogP contribution in [-0.4, -0.2) is 32.2 Å². The second kappa shape index (κ2) is 7.68. The molecule has 5 nitrogen and oxygen atoms in total. The molecular formula is C13H21N3O2. The molecule has 0 spiro atoms. The molecule has 5 N–H and O–H groups in total. The van der Waals surface area contributed by atoms with Crippen molar-refractivity contribution in [2.45, 2.75) is 18.9 Å². The fourth-order valence-corrected chi connectivity index (χ4v) is 1.73. The fourth-order valence-electron chi connectivity index (χ4n) is 1.73. The fraction of sp³-hybridized carbons (Fsp3) is 0.462. The molecule has 0 aliphatic carbocycles. The normalized spacial score (nSPS) is 12.1. The van der Waals surface area contributed by atoms with Gasteiger partial charge in [-0.25, -0.2) is 0 Å². The molecule has 18 heavy (non-hydrogen) atoms. The number of benzene rings is 1. The molecule has 0 fully saturated rings. The number of methoxy groups -OCH3 is 1. The van der Waals surface area contributed by atoms with E-state index < -0.39 is 5.91 Å². The predicted octanol–water partition coefficient (Wildman–Crippen LogP) is 0.951. The van der Waals surface area contributed by atoms with Crippen LogP contribution in [0.15, 0.2) is 24.3 Å². The van der Waals surface area contributed by atoms with Crippen molar-refractivity contribution in [3.8, 4) is 0 Å². The van der Waals surface area contributed by atoms with Gasteiger partial charge in [0.15, 0.2) is 0 Å². The Morgan fingerprint density at radius 1 is 1.39 bits per heavy atom. The molecule has 1 rings (SSSR count). The summed E-state index contributed by atoms with van der Waals surface area (Å²) in [4.78, 5) is 10.9. The number of carbonyl (C=O) groups excluding carboxylic acids is 1. The van der Waals surface area contributed by atoms with Gasteiger partial charge in [0, 0.05) is 24.4 Å². The molecule has 0 aromatic heterocycles. The Hall–Kier alpha value is -1.59. The highest BCUT2D eigenvalue weighted by Crippen LogP contribution is 2.12. The van der Waals surface area contributed by atoms with Crippen molar-refractivity contribution in [1.29, 1.82) is 0 Å². The molecule has 1 aromatic rings. The molecular weight excluding hydrogens is 230 g/mol. The summed E-state index contributed by atoms with van der Waals surface area (Å²) >= 11 is 0. The molecule has 0 saturated carbocycles. The summed E-state index contributed by atoms with van der Waals surface area (Å²) < 4.78 is 5.16. The van der Waals surface area contributed by atoms with Gasteiger partial charge in [0.1, 0.15) is 0 Å². The van der Waals surface area contributed by atoms with Crippen LogP contribution in [0.2, 0.25) is 0 Å². The van der Waals surface area contributed by atoms with Crippen molar-refractivity contribution in [3.05, 3.63) is 29.8 Å². The van der Waals surface area contributed by atoms with Crippen LogP contribution in [0.3, 0.4) is 0 Å². The molecule has 0 bridgehead atoms. The van der Waals surface area contributed by atoms with Crippen molar-refractivity contribution in [2.75, 3.05) is 25.6 Å². The smallest absolute Gasteiger partial charge is 0.248 e. The zero-order chi connectivity index (χ0) is 13.4. The van der Waals surface area contributed by atoms with Crippen molar-refractivity contribution in [3.63, 3.8) is 0 Å². The van der Waals surface area contributed by atoms with E-state index in [0.29, 0.717) is 18.7 Å². The lowest BCUT2D eigenvalue weighted by atomic mass is 10.1. The van der Waals surface area contributed by atoms with Gasteiger partial charge in [0.05, 0.1) is 6.61 Å². The maximum Gasteiger partial charge on any atom is 0.248 e. The molecule has 0 heterocycles. The lowest BCUT2D eigenvalue weighted by molar-refractivity contribution is 0.100. The summed E-state index contributed by atoms with van der Waals surface area (Å²) in [7, 11) is 1.67. The molecule has 1 aromatic carbocycles. The van der Waals surface area contributed by atoms with Crippen molar-refractivity contribution in [2.24, 2.45) is 11.5 Å². The molecule has 0 saturated heterocycles. The Morgan fingerprint density at radius 3 is 2.56 bits per heavy atom. The number of hydrogen-bond donors (Lipinski definition) is 3. The zero-order valence-corrected chi connectivity index (χ0v) is 10.7. The Labute approximate surface area is 107 Å². The second-order valence-corrected chi connectivity index (χ2v) is 4.17. The summed E-state index contributed by atoms with van der Waals surface area (Å²) in [5.41, 5.74) is 12.1. The van der Waals surface area contributed by atoms with Crippen LogP contribution >= 0.6 is 0 Å². The number of nitrogens with one attached hydrogen (secondary N) is 1. The van der Waals surface area contributed by atoms with Gasteiger partial charge in [0.25, 0.3) is 0 Å². The number of rotatable bonds is 8. The van der Waals surface area contributed by atoms with Gasteiger partial charge < -0.3 is 21.5 Å².